The average molecular weight is 328 g/mol. The quantitative estimate of drug-likeness (QED) is 0.897. The molecule has 8 heteroatoms. The molecule has 0 aliphatic carbocycles. The summed E-state index contributed by atoms with van der Waals surface area (Å²) in [5.41, 5.74) is 1.30. The maximum atomic E-state index is 12.1. The van der Waals surface area contributed by atoms with Crippen molar-refractivity contribution in [1.82, 2.24) is 30.1 Å². The Kier molecular flexibility index (Phi) is 4.45. The van der Waals surface area contributed by atoms with E-state index in [1.165, 1.54) is 0 Å². The van der Waals surface area contributed by atoms with E-state index >= 15 is 0 Å². The van der Waals surface area contributed by atoms with Gasteiger partial charge in [0.25, 0.3) is 5.91 Å². The molecule has 1 aliphatic heterocycles. The summed E-state index contributed by atoms with van der Waals surface area (Å²) in [5.74, 6) is -0.259. The van der Waals surface area contributed by atoms with Crippen molar-refractivity contribution in [1.29, 1.82) is 0 Å². The number of hydrogen-bond donors (Lipinski definition) is 1. The number of rotatable bonds is 4. The van der Waals surface area contributed by atoms with Crippen LogP contribution in [0, 0.1) is 0 Å². The van der Waals surface area contributed by atoms with Crippen molar-refractivity contribution >= 4 is 11.9 Å². The van der Waals surface area contributed by atoms with Crippen molar-refractivity contribution < 1.29 is 9.59 Å². The number of nitrogens with one attached hydrogen (secondary N) is 1. The molecule has 0 bridgehead atoms. The Hall–Kier alpha value is -2.90. The van der Waals surface area contributed by atoms with Gasteiger partial charge < -0.3 is 15.1 Å². The van der Waals surface area contributed by atoms with Crippen molar-refractivity contribution in [3.63, 3.8) is 0 Å². The molecule has 2 aromatic rings. The second-order valence-electron chi connectivity index (χ2n) is 5.99. The van der Waals surface area contributed by atoms with Crippen LogP contribution >= 0.6 is 0 Å². The predicted molar refractivity (Wildman–Crippen MR) is 87.3 cm³/mol. The summed E-state index contributed by atoms with van der Waals surface area (Å²) in [6, 6.07) is 9.72. The highest BCUT2D eigenvalue weighted by Crippen LogP contribution is 2.21. The molecule has 1 aromatic heterocycles. The summed E-state index contributed by atoms with van der Waals surface area (Å²) in [7, 11) is 3.45. The Labute approximate surface area is 140 Å². The van der Waals surface area contributed by atoms with E-state index in [4.69, 9.17) is 0 Å². The van der Waals surface area contributed by atoms with Gasteiger partial charge in [-0.25, -0.2) is 9.48 Å². The molecule has 0 saturated carbocycles. The normalized spacial score (nSPS) is 14.2. The molecular formula is C16H20N6O2. The third kappa shape index (κ3) is 3.37. The third-order valence-electron chi connectivity index (χ3n) is 3.93. The Morgan fingerprint density at radius 2 is 1.96 bits per heavy atom. The van der Waals surface area contributed by atoms with E-state index in [1.807, 2.05) is 30.3 Å². The monoisotopic (exact) mass is 328 g/mol. The van der Waals surface area contributed by atoms with E-state index in [0.717, 1.165) is 5.56 Å². The lowest BCUT2D eigenvalue weighted by Crippen LogP contribution is -2.54. The van der Waals surface area contributed by atoms with Crippen molar-refractivity contribution in [2.75, 3.05) is 27.2 Å². The number of carbonyl (C=O) groups is 2. The summed E-state index contributed by atoms with van der Waals surface area (Å²) >= 11 is 0. The first kappa shape index (κ1) is 16.0. The fraction of sp³-hybridized carbons (Fsp3) is 0.375. The minimum atomic E-state index is -0.259. The second kappa shape index (κ2) is 6.69. The highest BCUT2D eigenvalue weighted by atomic mass is 16.2. The molecule has 3 amide bonds. The number of benzene rings is 1. The summed E-state index contributed by atoms with van der Waals surface area (Å²) in [6.45, 7) is 1.60. The van der Waals surface area contributed by atoms with Crippen LogP contribution in [0.25, 0.3) is 0 Å². The Balaban J connectivity index is 1.52. The largest absolute Gasteiger partial charge is 0.347 e. The van der Waals surface area contributed by atoms with Crippen molar-refractivity contribution in [2.45, 2.75) is 12.6 Å². The van der Waals surface area contributed by atoms with Crippen LogP contribution in [0.2, 0.25) is 0 Å². The van der Waals surface area contributed by atoms with Crippen LogP contribution < -0.4 is 5.32 Å². The number of urea groups is 1. The molecule has 1 saturated heterocycles. The zero-order valence-corrected chi connectivity index (χ0v) is 13.7. The Bertz CT molecular complexity index is 721. The Morgan fingerprint density at radius 3 is 2.62 bits per heavy atom. The zero-order valence-electron chi connectivity index (χ0n) is 13.7. The van der Waals surface area contributed by atoms with Crippen molar-refractivity contribution in [2.24, 2.45) is 0 Å². The van der Waals surface area contributed by atoms with Gasteiger partial charge in [-0.1, -0.05) is 35.5 Å². The maximum absolute atomic E-state index is 12.1. The van der Waals surface area contributed by atoms with E-state index in [9.17, 15) is 9.59 Å². The van der Waals surface area contributed by atoms with E-state index in [1.54, 1.807) is 34.8 Å². The van der Waals surface area contributed by atoms with Crippen LogP contribution in [0.15, 0.2) is 36.5 Å². The van der Waals surface area contributed by atoms with Gasteiger partial charge in [0.05, 0.1) is 12.2 Å². The standard InChI is InChI=1S/C16H20N6O2/c1-20(2)16(24)21-9-13(10-21)22-11-14(18-19-22)15(23)17-8-12-6-4-3-5-7-12/h3-7,11,13H,8-10H2,1-2H3,(H,17,23). The smallest absolute Gasteiger partial charge is 0.319 e. The topological polar surface area (TPSA) is 83.4 Å². The number of nitrogens with zero attached hydrogens (tertiary/aromatic N) is 5. The molecule has 126 valence electrons. The molecule has 3 rings (SSSR count). The molecule has 1 fully saturated rings. The summed E-state index contributed by atoms with van der Waals surface area (Å²) < 4.78 is 1.65. The molecule has 1 aliphatic rings. The number of carbonyl (C=O) groups excluding carboxylic acids is 2. The van der Waals surface area contributed by atoms with Gasteiger partial charge in [-0.3, -0.25) is 4.79 Å². The first-order valence-electron chi connectivity index (χ1n) is 7.75. The third-order valence-corrected chi connectivity index (χ3v) is 3.93. The number of likely N-dealkylation sites (tertiary alicyclic amines) is 1. The molecule has 0 spiro atoms. The highest BCUT2D eigenvalue weighted by Gasteiger charge is 2.33. The van der Waals surface area contributed by atoms with Gasteiger partial charge in [0.1, 0.15) is 0 Å². The second-order valence-corrected chi connectivity index (χ2v) is 5.99. The summed E-state index contributed by atoms with van der Waals surface area (Å²) in [5, 5.41) is 10.8. The highest BCUT2D eigenvalue weighted by molar-refractivity contribution is 5.91. The van der Waals surface area contributed by atoms with Gasteiger partial charge in [-0.2, -0.15) is 0 Å². The molecule has 8 nitrogen and oxygen atoms in total. The van der Waals surface area contributed by atoms with Crippen LogP contribution in [0.1, 0.15) is 22.1 Å². The molecular weight excluding hydrogens is 308 g/mol. The SMILES string of the molecule is CN(C)C(=O)N1CC(n2cc(C(=O)NCc3ccccc3)nn2)C1. The average Bonchev–Trinajstić information content (AvgIpc) is 3.01. The Morgan fingerprint density at radius 1 is 1.25 bits per heavy atom. The molecule has 24 heavy (non-hydrogen) atoms. The minimum Gasteiger partial charge on any atom is -0.347 e. The summed E-state index contributed by atoms with van der Waals surface area (Å²) in [6.07, 6.45) is 1.63. The van der Waals surface area contributed by atoms with Crippen LogP contribution in [0.3, 0.4) is 0 Å². The predicted octanol–water partition coefficient (Wildman–Crippen LogP) is 0.746. The molecule has 0 unspecified atom stereocenters. The maximum Gasteiger partial charge on any atom is 0.319 e. The molecule has 0 atom stereocenters. The fourth-order valence-electron chi connectivity index (χ4n) is 2.49. The van der Waals surface area contributed by atoms with Crippen LogP contribution in [-0.4, -0.2) is 63.9 Å². The number of hydrogen-bond acceptors (Lipinski definition) is 4. The van der Waals surface area contributed by atoms with Crippen LogP contribution in [0.4, 0.5) is 4.79 Å². The first-order valence-corrected chi connectivity index (χ1v) is 7.75. The van der Waals surface area contributed by atoms with Crippen LogP contribution in [-0.2, 0) is 6.54 Å². The summed E-state index contributed by atoms with van der Waals surface area (Å²) in [4.78, 5) is 27.2. The molecule has 0 radical (unpaired) electrons. The number of aromatic nitrogens is 3. The molecule has 2 heterocycles. The van der Waals surface area contributed by atoms with Gasteiger partial charge in [0.15, 0.2) is 5.69 Å². The van der Waals surface area contributed by atoms with E-state index in [2.05, 4.69) is 15.6 Å². The van der Waals surface area contributed by atoms with Crippen molar-refractivity contribution in [3.05, 3.63) is 47.8 Å². The lowest BCUT2D eigenvalue weighted by atomic mass is 10.1. The number of amides is 3. The van der Waals surface area contributed by atoms with Crippen LogP contribution in [0.5, 0.6) is 0 Å². The van der Waals surface area contributed by atoms with Gasteiger partial charge >= 0.3 is 6.03 Å². The molecule has 1 aromatic carbocycles. The van der Waals surface area contributed by atoms with Gasteiger partial charge in [0.2, 0.25) is 0 Å². The van der Waals surface area contributed by atoms with E-state index in [0.29, 0.717) is 19.6 Å². The van der Waals surface area contributed by atoms with Crippen molar-refractivity contribution in [3.8, 4) is 0 Å². The van der Waals surface area contributed by atoms with Gasteiger partial charge in [0, 0.05) is 33.7 Å². The lowest BCUT2D eigenvalue weighted by molar-refractivity contribution is 0.0942. The molecule has 1 N–H and O–H groups in total. The van der Waals surface area contributed by atoms with Gasteiger partial charge in [-0.15, -0.1) is 5.10 Å². The lowest BCUT2D eigenvalue weighted by Gasteiger charge is -2.40. The fourth-order valence-corrected chi connectivity index (χ4v) is 2.49. The van der Waals surface area contributed by atoms with E-state index < -0.39 is 0 Å². The van der Waals surface area contributed by atoms with Gasteiger partial charge in [-0.05, 0) is 5.56 Å². The van der Waals surface area contributed by atoms with E-state index in [-0.39, 0.29) is 23.7 Å². The zero-order chi connectivity index (χ0) is 17.1. The first-order chi connectivity index (χ1) is 11.5. The minimum absolute atomic E-state index is 0.0211.